The van der Waals surface area contributed by atoms with Gasteiger partial charge in [-0.05, 0) is 26.0 Å². The maximum Gasteiger partial charge on any atom is 0.307 e. The van der Waals surface area contributed by atoms with E-state index < -0.39 is 0 Å². The number of nitrogens with one attached hydrogen (secondary N) is 1. The minimum absolute atomic E-state index is 0.0231. The normalized spacial score (nSPS) is 12.2. The molecular weight excluding hydrogens is 223 g/mol. The van der Waals surface area contributed by atoms with E-state index in [9.17, 15) is 9.18 Å². The summed E-state index contributed by atoms with van der Waals surface area (Å²) in [5.41, 5.74) is 0.746. The van der Waals surface area contributed by atoms with Gasteiger partial charge in [0.2, 0.25) is 0 Å². The molecule has 0 saturated carbocycles. The van der Waals surface area contributed by atoms with Gasteiger partial charge in [-0.15, -0.1) is 0 Å². The number of carbonyl (C=O) groups excluding carboxylic acids is 1. The van der Waals surface area contributed by atoms with Crippen molar-refractivity contribution in [2.75, 3.05) is 13.2 Å². The number of nitrogens with zero attached hydrogens (tertiary/aromatic N) is 1. The van der Waals surface area contributed by atoms with Crippen molar-refractivity contribution >= 4 is 5.97 Å². The monoisotopic (exact) mass is 240 g/mol. The second-order valence-corrected chi connectivity index (χ2v) is 3.63. The Labute approximate surface area is 100 Å². The molecule has 0 aliphatic heterocycles. The molecule has 0 bridgehead atoms. The molecule has 1 aromatic heterocycles. The first-order chi connectivity index (χ1) is 8.13. The van der Waals surface area contributed by atoms with E-state index in [0.29, 0.717) is 19.6 Å². The number of halogens is 1. The smallest absolute Gasteiger partial charge is 0.307 e. The van der Waals surface area contributed by atoms with E-state index in [1.807, 2.05) is 6.92 Å². The van der Waals surface area contributed by atoms with Crippen molar-refractivity contribution in [2.24, 2.45) is 0 Å². The Hall–Kier alpha value is -1.49. The lowest BCUT2D eigenvalue weighted by Gasteiger charge is -2.12. The third-order valence-corrected chi connectivity index (χ3v) is 2.28. The molecule has 1 N–H and O–H groups in total. The summed E-state index contributed by atoms with van der Waals surface area (Å²) in [7, 11) is 0. The van der Waals surface area contributed by atoms with Crippen molar-refractivity contribution in [2.45, 2.75) is 26.3 Å². The highest BCUT2D eigenvalue weighted by atomic mass is 19.1. The summed E-state index contributed by atoms with van der Waals surface area (Å²) in [6.45, 7) is 4.59. The summed E-state index contributed by atoms with van der Waals surface area (Å²) in [5, 5.41) is 3.12. The fourth-order valence-corrected chi connectivity index (χ4v) is 1.37. The van der Waals surface area contributed by atoms with Gasteiger partial charge in [-0.1, -0.05) is 0 Å². The molecule has 94 valence electrons. The Bertz CT molecular complexity index is 354. The minimum Gasteiger partial charge on any atom is -0.466 e. The second kappa shape index (κ2) is 6.96. The first-order valence-corrected chi connectivity index (χ1v) is 5.64. The van der Waals surface area contributed by atoms with Crippen LogP contribution >= 0.6 is 0 Å². The van der Waals surface area contributed by atoms with Crippen LogP contribution in [0.2, 0.25) is 0 Å². The van der Waals surface area contributed by atoms with Crippen LogP contribution in [-0.2, 0) is 9.53 Å². The SMILES string of the molecule is CCOC(=O)CCNC(C)c1ccc(F)cn1. The van der Waals surface area contributed by atoms with Gasteiger partial charge in [0.25, 0.3) is 0 Å². The van der Waals surface area contributed by atoms with Crippen LogP contribution in [0, 0.1) is 5.82 Å². The van der Waals surface area contributed by atoms with Gasteiger partial charge in [0.1, 0.15) is 5.82 Å². The Morgan fingerprint density at radius 2 is 2.35 bits per heavy atom. The minimum atomic E-state index is -0.354. The van der Waals surface area contributed by atoms with E-state index >= 15 is 0 Å². The summed E-state index contributed by atoms with van der Waals surface area (Å²) in [5.74, 6) is -0.577. The number of pyridine rings is 1. The lowest BCUT2D eigenvalue weighted by atomic mass is 10.2. The second-order valence-electron chi connectivity index (χ2n) is 3.63. The lowest BCUT2D eigenvalue weighted by Crippen LogP contribution is -2.23. The molecule has 1 atom stereocenters. The number of rotatable bonds is 6. The fourth-order valence-electron chi connectivity index (χ4n) is 1.37. The molecule has 0 aliphatic carbocycles. The van der Waals surface area contributed by atoms with Gasteiger partial charge in [-0.2, -0.15) is 0 Å². The highest BCUT2D eigenvalue weighted by molar-refractivity contribution is 5.69. The summed E-state index contributed by atoms with van der Waals surface area (Å²) in [4.78, 5) is 15.0. The summed E-state index contributed by atoms with van der Waals surface area (Å²) >= 11 is 0. The van der Waals surface area contributed by atoms with Crippen molar-refractivity contribution in [1.29, 1.82) is 0 Å². The number of esters is 1. The van der Waals surface area contributed by atoms with Crippen molar-refractivity contribution < 1.29 is 13.9 Å². The molecular formula is C12H17FN2O2. The first-order valence-electron chi connectivity index (χ1n) is 5.64. The molecule has 1 aromatic rings. The van der Waals surface area contributed by atoms with Gasteiger partial charge >= 0.3 is 5.97 Å². The van der Waals surface area contributed by atoms with Crippen molar-refractivity contribution in [3.05, 3.63) is 29.8 Å². The molecule has 0 radical (unpaired) electrons. The van der Waals surface area contributed by atoms with Gasteiger partial charge in [-0.25, -0.2) is 4.39 Å². The van der Waals surface area contributed by atoms with E-state index in [2.05, 4.69) is 10.3 Å². The predicted molar refractivity (Wildman–Crippen MR) is 61.9 cm³/mol. The largest absolute Gasteiger partial charge is 0.466 e. The standard InChI is InChI=1S/C12H17FN2O2/c1-3-17-12(16)6-7-14-9(2)11-5-4-10(13)8-15-11/h4-5,8-9,14H,3,6-7H2,1-2H3. The van der Waals surface area contributed by atoms with Crippen LogP contribution in [0.1, 0.15) is 32.0 Å². The Balaban J connectivity index is 2.32. The van der Waals surface area contributed by atoms with E-state index in [1.165, 1.54) is 12.3 Å². The van der Waals surface area contributed by atoms with Crippen LogP contribution < -0.4 is 5.32 Å². The molecule has 1 heterocycles. The molecule has 0 spiro atoms. The van der Waals surface area contributed by atoms with Crippen LogP contribution in [-0.4, -0.2) is 24.1 Å². The quantitative estimate of drug-likeness (QED) is 0.771. The molecule has 1 unspecified atom stereocenters. The van der Waals surface area contributed by atoms with E-state index in [1.54, 1.807) is 13.0 Å². The molecule has 5 heteroatoms. The Morgan fingerprint density at radius 3 is 2.94 bits per heavy atom. The highest BCUT2D eigenvalue weighted by Crippen LogP contribution is 2.09. The molecule has 0 saturated heterocycles. The fraction of sp³-hybridized carbons (Fsp3) is 0.500. The van der Waals surface area contributed by atoms with E-state index in [0.717, 1.165) is 5.69 Å². The van der Waals surface area contributed by atoms with Crippen molar-refractivity contribution in [1.82, 2.24) is 10.3 Å². The third kappa shape index (κ3) is 4.91. The van der Waals surface area contributed by atoms with Gasteiger partial charge in [0, 0.05) is 12.6 Å². The van der Waals surface area contributed by atoms with Crippen LogP contribution in [0.3, 0.4) is 0 Å². The summed E-state index contributed by atoms with van der Waals surface area (Å²) in [6, 6.07) is 2.97. The number of ether oxygens (including phenoxy) is 1. The van der Waals surface area contributed by atoms with Gasteiger partial charge < -0.3 is 10.1 Å². The molecule has 1 rings (SSSR count). The van der Waals surface area contributed by atoms with Crippen LogP contribution in [0.4, 0.5) is 4.39 Å². The van der Waals surface area contributed by atoms with Crippen molar-refractivity contribution in [3.8, 4) is 0 Å². The van der Waals surface area contributed by atoms with Crippen LogP contribution in [0.15, 0.2) is 18.3 Å². The predicted octanol–water partition coefficient (Wildman–Crippen LogP) is 1.82. The average molecular weight is 240 g/mol. The number of carbonyl (C=O) groups is 1. The van der Waals surface area contributed by atoms with Crippen LogP contribution in [0.5, 0.6) is 0 Å². The Morgan fingerprint density at radius 1 is 1.59 bits per heavy atom. The maximum absolute atomic E-state index is 12.6. The lowest BCUT2D eigenvalue weighted by molar-refractivity contribution is -0.143. The number of aromatic nitrogens is 1. The van der Waals surface area contributed by atoms with E-state index in [4.69, 9.17) is 4.74 Å². The zero-order valence-electron chi connectivity index (χ0n) is 10.1. The number of hydrogen-bond acceptors (Lipinski definition) is 4. The van der Waals surface area contributed by atoms with Gasteiger partial charge in [-0.3, -0.25) is 9.78 Å². The number of hydrogen-bond donors (Lipinski definition) is 1. The topological polar surface area (TPSA) is 51.2 Å². The average Bonchev–Trinajstić information content (AvgIpc) is 2.30. The molecule has 0 aliphatic rings. The van der Waals surface area contributed by atoms with Gasteiger partial charge in [0.15, 0.2) is 0 Å². The Kier molecular flexibility index (Phi) is 5.56. The molecule has 4 nitrogen and oxygen atoms in total. The third-order valence-electron chi connectivity index (χ3n) is 2.28. The summed E-state index contributed by atoms with van der Waals surface area (Å²) < 4.78 is 17.4. The molecule has 0 amide bonds. The van der Waals surface area contributed by atoms with Gasteiger partial charge in [0.05, 0.1) is 24.9 Å². The first kappa shape index (κ1) is 13.6. The zero-order chi connectivity index (χ0) is 12.7. The van der Waals surface area contributed by atoms with E-state index in [-0.39, 0.29) is 17.8 Å². The highest BCUT2D eigenvalue weighted by Gasteiger charge is 2.07. The molecule has 17 heavy (non-hydrogen) atoms. The molecule has 0 fully saturated rings. The van der Waals surface area contributed by atoms with Crippen molar-refractivity contribution in [3.63, 3.8) is 0 Å². The molecule has 0 aromatic carbocycles. The zero-order valence-corrected chi connectivity index (χ0v) is 10.1. The van der Waals surface area contributed by atoms with Crippen LogP contribution in [0.25, 0.3) is 0 Å². The maximum atomic E-state index is 12.6. The summed E-state index contributed by atoms with van der Waals surface area (Å²) in [6.07, 6.45) is 1.50.